The van der Waals surface area contributed by atoms with Gasteiger partial charge in [0.15, 0.2) is 6.10 Å². The van der Waals surface area contributed by atoms with E-state index in [1.807, 2.05) is 19.1 Å². The third kappa shape index (κ3) is 5.20. The van der Waals surface area contributed by atoms with Gasteiger partial charge in [-0.05, 0) is 63.8 Å². The molecule has 33 heavy (non-hydrogen) atoms. The van der Waals surface area contributed by atoms with E-state index in [9.17, 15) is 18.0 Å². The van der Waals surface area contributed by atoms with Gasteiger partial charge in [0.05, 0.1) is 17.7 Å². The van der Waals surface area contributed by atoms with Crippen LogP contribution in [-0.2, 0) is 24.3 Å². The maximum absolute atomic E-state index is 13.5. The number of hydrogen-bond donors (Lipinski definition) is 1. The summed E-state index contributed by atoms with van der Waals surface area (Å²) in [6, 6.07) is 9.53. The van der Waals surface area contributed by atoms with Crippen LogP contribution in [0.3, 0.4) is 0 Å². The number of benzene rings is 2. The second kappa shape index (κ2) is 9.93. The van der Waals surface area contributed by atoms with Gasteiger partial charge in [0.1, 0.15) is 11.8 Å². The van der Waals surface area contributed by atoms with Crippen LogP contribution in [0.15, 0.2) is 41.3 Å². The van der Waals surface area contributed by atoms with Crippen LogP contribution in [-0.4, -0.2) is 50.4 Å². The molecule has 178 valence electrons. The Morgan fingerprint density at radius 2 is 1.76 bits per heavy atom. The number of nitrogens with one attached hydrogen (secondary N) is 1. The third-order valence-electron chi connectivity index (χ3n) is 5.67. The predicted octanol–water partition coefficient (Wildman–Crippen LogP) is 3.34. The van der Waals surface area contributed by atoms with Crippen molar-refractivity contribution in [3.05, 3.63) is 53.1 Å². The highest BCUT2D eigenvalue weighted by molar-refractivity contribution is 7.89. The number of anilines is 1. The number of methoxy groups -OCH3 is 1. The van der Waals surface area contributed by atoms with Gasteiger partial charge in [-0.25, -0.2) is 8.42 Å². The molecule has 1 saturated heterocycles. The standard InChI is InChI=1S/C24H30N2O6S/c1-15-13-16(2)22(17(3)14-15)33(29,30)26-12-8-10-20(26)24(28)32-18(4)23(27)25-19-9-6-7-11-21(19)31-5/h6-7,9,11,13-14,18,20H,8,10,12H2,1-5H3,(H,25,27)/t18-,20-/m0/s1. The second-order valence-corrected chi connectivity index (χ2v) is 10.1. The fraction of sp³-hybridized carbons (Fsp3) is 0.417. The van der Waals surface area contributed by atoms with Gasteiger partial charge in [-0.1, -0.05) is 29.8 Å². The van der Waals surface area contributed by atoms with Crippen LogP contribution in [0, 0.1) is 20.8 Å². The van der Waals surface area contributed by atoms with Crippen molar-refractivity contribution in [2.24, 2.45) is 0 Å². The summed E-state index contributed by atoms with van der Waals surface area (Å²) in [5.41, 5.74) is 2.69. The van der Waals surface area contributed by atoms with Gasteiger partial charge in [-0.3, -0.25) is 9.59 Å². The lowest BCUT2D eigenvalue weighted by molar-refractivity contribution is -0.156. The minimum Gasteiger partial charge on any atom is -0.495 e. The third-order valence-corrected chi connectivity index (χ3v) is 7.89. The number of sulfonamides is 1. The molecule has 1 aliphatic heterocycles. The van der Waals surface area contributed by atoms with Crippen molar-refractivity contribution in [1.29, 1.82) is 0 Å². The van der Waals surface area contributed by atoms with Crippen molar-refractivity contribution < 1.29 is 27.5 Å². The Labute approximate surface area is 194 Å². The molecule has 0 aromatic heterocycles. The fourth-order valence-electron chi connectivity index (χ4n) is 4.24. The number of carbonyl (C=O) groups is 2. The van der Waals surface area contributed by atoms with Gasteiger partial charge < -0.3 is 14.8 Å². The Bertz CT molecular complexity index is 1140. The largest absolute Gasteiger partial charge is 0.495 e. The Balaban J connectivity index is 1.75. The normalized spacial score (nSPS) is 17.4. The summed E-state index contributed by atoms with van der Waals surface area (Å²) in [7, 11) is -2.42. The van der Waals surface area contributed by atoms with Gasteiger partial charge in [0.25, 0.3) is 5.91 Å². The molecular weight excluding hydrogens is 444 g/mol. The Morgan fingerprint density at radius 3 is 2.39 bits per heavy atom. The number of rotatable bonds is 7. The van der Waals surface area contributed by atoms with E-state index in [1.165, 1.54) is 18.3 Å². The average molecular weight is 475 g/mol. The molecule has 1 fully saturated rings. The second-order valence-electron chi connectivity index (χ2n) is 8.27. The molecule has 0 unspecified atom stereocenters. The molecule has 0 bridgehead atoms. The summed E-state index contributed by atoms with van der Waals surface area (Å²) in [5, 5.41) is 2.67. The number of aryl methyl sites for hydroxylation is 3. The van der Waals surface area contributed by atoms with E-state index in [2.05, 4.69) is 5.32 Å². The Morgan fingerprint density at radius 1 is 1.12 bits per heavy atom. The average Bonchev–Trinajstić information content (AvgIpc) is 3.24. The minimum absolute atomic E-state index is 0.217. The van der Waals surface area contributed by atoms with Crippen LogP contribution in [0.1, 0.15) is 36.5 Å². The predicted molar refractivity (Wildman–Crippen MR) is 125 cm³/mol. The summed E-state index contributed by atoms with van der Waals surface area (Å²) in [4.78, 5) is 25.7. The van der Waals surface area contributed by atoms with Gasteiger partial charge in [0.2, 0.25) is 10.0 Å². The lowest BCUT2D eigenvalue weighted by Gasteiger charge is -2.25. The maximum atomic E-state index is 13.5. The molecule has 1 heterocycles. The molecule has 2 aromatic rings. The molecule has 2 atom stereocenters. The van der Waals surface area contributed by atoms with Crippen LogP contribution in [0.2, 0.25) is 0 Å². The quantitative estimate of drug-likeness (QED) is 0.618. The number of para-hydroxylation sites is 2. The minimum atomic E-state index is -3.91. The number of hydrogen-bond acceptors (Lipinski definition) is 6. The van der Waals surface area contributed by atoms with E-state index in [4.69, 9.17) is 9.47 Å². The summed E-state index contributed by atoms with van der Waals surface area (Å²) >= 11 is 0. The first-order chi connectivity index (χ1) is 15.6. The molecule has 3 rings (SSSR count). The number of ether oxygens (including phenoxy) is 2. The van der Waals surface area contributed by atoms with Crippen molar-refractivity contribution in [3.8, 4) is 5.75 Å². The van der Waals surface area contributed by atoms with Crippen molar-refractivity contribution >= 4 is 27.6 Å². The summed E-state index contributed by atoms with van der Waals surface area (Å²) in [5.74, 6) is -0.798. The SMILES string of the molecule is COc1ccccc1NC(=O)[C@H](C)OC(=O)[C@@H]1CCCN1S(=O)(=O)c1c(C)cc(C)cc1C. The molecule has 1 N–H and O–H groups in total. The number of nitrogens with zero attached hydrogens (tertiary/aromatic N) is 1. The van der Waals surface area contributed by atoms with Crippen LogP contribution in [0.5, 0.6) is 5.75 Å². The first-order valence-electron chi connectivity index (χ1n) is 10.8. The van der Waals surface area contributed by atoms with E-state index >= 15 is 0 Å². The van der Waals surface area contributed by atoms with Crippen LogP contribution < -0.4 is 10.1 Å². The first-order valence-corrected chi connectivity index (χ1v) is 12.2. The molecule has 0 aliphatic carbocycles. The monoisotopic (exact) mass is 474 g/mol. The summed E-state index contributed by atoms with van der Waals surface area (Å²) in [6.07, 6.45) is -0.247. The van der Waals surface area contributed by atoms with Gasteiger partial charge in [-0.2, -0.15) is 4.31 Å². The molecule has 1 amide bonds. The lowest BCUT2D eigenvalue weighted by atomic mass is 10.1. The molecular formula is C24H30N2O6S. The summed E-state index contributed by atoms with van der Waals surface area (Å²) in [6.45, 7) is 7.08. The van der Waals surface area contributed by atoms with Crippen molar-refractivity contribution in [2.75, 3.05) is 19.0 Å². The number of amides is 1. The smallest absolute Gasteiger partial charge is 0.325 e. The zero-order valence-electron chi connectivity index (χ0n) is 19.5. The zero-order valence-corrected chi connectivity index (χ0v) is 20.4. The molecule has 8 nitrogen and oxygen atoms in total. The van der Waals surface area contributed by atoms with Crippen LogP contribution >= 0.6 is 0 Å². The molecule has 0 spiro atoms. The molecule has 9 heteroatoms. The fourth-order valence-corrected chi connectivity index (χ4v) is 6.30. The van der Waals surface area contributed by atoms with Crippen LogP contribution in [0.4, 0.5) is 5.69 Å². The summed E-state index contributed by atoms with van der Waals surface area (Å²) < 4.78 is 38.7. The van der Waals surface area contributed by atoms with E-state index in [0.29, 0.717) is 35.4 Å². The van der Waals surface area contributed by atoms with E-state index in [1.54, 1.807) is 38.1 Å². The van der Waals surface area contributed by atoms with E-state index in [0.717, 1.165) is 5.56 Å². The van der Waals surface area contributed by atoms with Gasteiger partial charge in [-0.15, -0.1) is 0 Å². The van der Waals surface area contributed by atoms with Crippen molar-refractivity contribution in [2.45, 2.75) is 57.6 Å². The zero-order chi connectivity index (χ0) is 24.3. The molecule has 0 radical (unpaired) electrons. The van der Waals surface area contributed by atoms with Crippen molar-refractivity contribution in [1.82, 2.24) is 4.31 Å². The van der Waals surface area contributed by atoms with Gasteiger partial charge >= 0.3 is 5.97 Å². The van der Waals surface area contributed by atoms with Crippen LogP contribution in [0.25, 0.3) is 0 Å². The van der Waals surface area contributed by atoms with Gasteiger partial charge in [0, 0.05) is 6.54 Å². The highest BCUT2D eigenvalue weighted by Crippen LogP contribution is 2.31. The van der Waals surface area contributed by atoms with E-state index < -0.39 is 34.0 Å². The molecule has 1 aliphatic rings. The molecule has 2 aromatic carbocycles. The van der Waals surface area contributed by atoms with Crippen molar-refractivity contribution in [3.63, 3.8) is 0 Å². The highest BCUT2D eigenvalue weighted by Gasteiger charge is 2.42. The Hall–Kier alpha value is -2.91. The maximum Gasteiger partial charge on any atom is 0.325 e. The lowest BCUT2D eigenvalue weighted by Crippen LogP contribution is -2.43. The van der Waals surface area contributed by atoms with E-state index in [-0.39, 0.29) is 11.4 Å². The highest BCUT2D eigenvalue weighted by atomic mass is 32.2. The number of carbonyl (C=O) groups excluding carboxylic acids is 2. The molecule has 0 saturated carbocycles. The Kier molecular flexibility index (Phi) is 7.44. The first kappa shape index (κ1) is 24.7. The number of esters is 1. The topological polar surface area (TPSA) is 102 Å².